The minimum atomic E-state index is 0.282. The summed E-state index contributed by atoms with van der Waals surface area (Å²) in [5, 5.41) is 0. The molecule has 2 aromatic rings. The second-order valence-electron chi connectivity index (χ2n) is 6.33. The molecule has 3 nitrogen and oxygen atoms in total. The second-order valence-corrected chi connectivity index (χ2v) is 6.33. The minimum Gasteiger partial charge on any atom is -0.472 e. The van der Waals surface area contributed by atoms with Crippen LogP contribution in [0.5, 0.6) is 0 Å². The molecule has 0 radical (unpaired) electrons. The highest BCUT2D eigenvalue weighted by Gasteiger charge is 2.04. The van der Waals surface area contributed by atoms with Gasteiger partial charge in [0, 0.05) is 12.8 Å². The Labute approximate surface area is 144 Å². The molecule has 0 aromatic carbocycles. The van der Waals surface area contributed by atoms with Crippen molar-refractivity contribution in [3.8, 4) is 0 Å². The molecule has 0 aliphatic carbocycles. The van der Waals surface area contributed by atoms with Gasteiger partial charge in [-0.25, -0.2) is 0 Å². The average Bonchev–Trinajstić information content (AvgIpc) is 3.20. The van der Waals surface area contributed by atoms with Gasteiger partial charge in [0.15, 0.2) is 0 Å². The number of rotatable bonds is 10. The summed E-state index contributed by atoms with van der Waals surface area (Å²) in [5.41, 5.74) is 4.69. The number of furan rings is 2. The predicted octanol–water partition coefficient (Wildman–Crippen LogP) is 5.68. The zero-order valence-corrected chi connectivity index (χ0v) is 14.6. The molecule has 0 spiro atoms. The van der Waals surface area contributed by atoms with E-state index in [0.717, 1.165) is 36.8 Å². The zero-order chi connectivity index (χ0) is 17.2. The third-order valence-corrected chi connectivity index (χ3v) is 3.96. The fraction of sp³-hybridized carbons (Fsp3) is 0.381. The highest BCUT2D eigenvalue weighted by Crippen LogP contribution is 2.12. The molecular formula is C21H26O3. The third-order valence-electron chi connectivity index (χ3n) is 3.96. The van der Waals surface area contributed by atoms with Crippen molar-refractivity contribution in [2.24, 2.45) is 0 Å². The Morgan fingerprint density at radius 2 is 1.33 bits per heavy atom. The van der Waals surface area contributed by atoms with E-state index < -0.39 is 0 Å². The van der Waals surface area contributed by atoms with Gasteiger partial charge in [0.05, 0.1) is 25.1 Å². The van der Waals surface area contributed by atoms with Gasteiger partial charge in [0.25, 0.3) is 0 Å². The lowest BCUT2D eigenvalue weighted by Gasteiger charge is -2.03. The van der Waals surface area contributed by atoms with Gasteiger partial charge in [-0.3, -0.25) is 4.79 Å². The number of ketones is 1. The van der Waals surface area contributed by atoms with Crippen molar-refractivity contribution in [3.05, 3.63) is 71.6 Å². The topological polar surface area (TPSA) is 43.4 Å². The molecule has 0 aliphatic heterocycles. The Kier molecular flexibility index (Phi) is 7.34. The Balaban J connectivity index is 1.66. The van der Waals surface area contributed by atoms with Crippen molar-refractivity contribution < 1.29 is 13.6 Å². The van der Waals surface area contributed by atoms with Crippen molar-refractivity contribution in [3.63, 3.8) is 0 Å². The Morgan fingerprint density at radius 1 is 0.875 bits per heavy atom. The van der Waals surface area contributed by atoms with Crippen molar-refractivity contribution >= 4 is 5.78 Å². The highest BCUT2D eigenvalue weighted by atomic mass is 16.3. The molecule has 0 N–H and O–H groups in total. The minimum absolute atomic E-state index is 0.282. The summed E-state index contributed by atoms with van der Waals surface area (Å²) < 4.78 is 10.1. The first-order chi connectivity index (χ1) is 11.6. The second kappa shape index (κ2) is 9.76. The monoisotopic (exact) mass is 326 g/mol. The molecule has 0 bridgehead atoms. The van der Waals surface area contributed by atoms with Crippen LogP contribution in [0.25, 0.3) is 0 Å². The summed E-state index contributed by atoms with van der Waals surface area (Å²) in [6.07, 6.45) is 16.1. The quantitative estimate of drug-likeness (QED) is 0.527. The number of hydrogen-bond acceptors (Lipinski definition) is 3. The van der Waals surface area contributed by atoms with E-state index in [1.165, 1.54) is 11.1 Å². The maximum atomic E-state index is 12.1. The maximum absolute atomic E-state index is 12.1. The number of hydrogen-bond donors (Lipinski definition) is 0. The number of carbonyl (C=O) groups excluding carboxylic acids is 1. The fourth-order valence-electron chi connectivity index (χ4n) is 2.67. The lowest BCUT2D eigenvalue weighted by atomic mass is 10.0. The molecule has 0 aliphatic rings. The van der Waals surface area contributed by atoms with Crippen molar-refractivity contribution in [2.45, 2.75) is 52.4 Å². The smallest absolute Gasteiger partial charge is 0.140 e. The van der Waals surface area contributed by atoms with Crippen LogP contribution in [-0.4, -0.2) is 5.78 Å². The summed E-state index contributed by atoms with van der Waals surface area (Å²) in [6, 6.07) is 3.96. The first kappa shape index (κ1) is 18.1. The molecule has 2 rings (SSSR count). The molecule has 3 heteroatoms. The summed E-state index contributed by atoms with van der Waals surface area (Å²) in [6.45, 7) is 4.07. The molecule has 0 amide bonds. The number of Topliss-reactive ketones (excluding diaryl/α,β-unsaturated/α-hetero) is 1. The van der Waals surface area contributed by atoms with Gasteiger partial charge < -0.3 is 8.83 Å². The molecule has 128 valence electrons. The van der Waals surface area contributed by atoms with Crippen molar-refractivity contribution in [1.29, 1.82) is 0 Å². The molecule has 0 saturated carbocycles. The number of carbonyl (C=O) groups is 1. The standard InChI is InChI=1S/C21H26O3/c1-17(5-3-7-19-9-11-23-15-19)13-21(22)14-18(2)6-4-8-20-10-12-24-16-20/h5-6,9-12,15-16H,3-4,7-8,13-14H2,1-2H3/b17-5+,18-6+. The average molecular weight is 326 g/mol. The van der Waals surface area contributed by atoms with Gasteiger partial charge >= 0.3 is 0 Å². The summed E-state index contributed by atoms with van der Waals surface area (Å²) >= 11 is 0. The van der Waals surface area contributed by atoms with Crippen LogP contribution < -0.4 is 0 Å². The zero-order valence-electron chi connectivity index (χ0n) is 14.6. The molecule has 2 aromatic heterocycles. The van der Waals surface area contributed by atoms with Gasteiger partial charge in [-0.1, -0.05) is 23.3 Å². The Hall–Kier alpha value is -2.29. The van der Waals surface area contributed by atoms with E-state index in [0.29, 0.717) is 12.8 Å². The van der Waals surface area contributed by atoms with Gasteiger partial charge in [-0.2, -0.15) is 0 Å². The summed E-state index contributed by atoms with van der Waals surface area (Å²) in [4.78, 5) is 12.1. The lowest BCUT2D eigenvalue weighted by Crippen LogP contribution is -1.99. The van der Waals surface area contributed by atoms with E-state index in [1.807, 2.05) is 26.0 Å². The predicted molar refractivity (Wildman–Crippen MR) is 95.8 cm³/mol. The molecule has 0 fully saturated rings. The van der Waals surface area contributed by atoms with Crippen LogP contribution in [0, 0.1) is 0 Å². The number of allylic oxidation sites excluding steroid dienone is 4. The normalized spacial score (nSPS) is 12.6. The summed E-state index contributed by atoms with van der Waals surface area (Å²) in [5.74, 6) is 0.282. The lowest BCUT2D eigenvalue weighted by molar-refractivity contribution is -0.117. The van der Waals surface area contributed by atoms with Crippen LogP contribution in [0.2, 0.25) is 0 Å². The molecule has 2 heterocycles. The fourth-order valence-corrected chi connectivity index (χ4v) is 2.67. The first-order valence-corrected chi connectivity index (χ1v) is 8.48. The van der Waals surface area contributed by atoms with E-state index in [4.69, 9.17) is 8.83 Å². The molecular weight excluding hydrogens is 300 g/mol. The Morgan fingerprint density at radius 3 is 1.71 bits per heavy atom. The third kappa shape index (κ3) is 6.86. The van der Waals surface area contributed by atoms with Crippen molar-refractivity contribution in [1.82, 2.24) is 0 Å². The van der Waals surface area contributed by atoms with Crippen LogP contribution in [0.3, 0.4) is 0 Å². The van der Waals surface area contributed by atoms with Crippen LogP contribution in [-0.2, 0) is 17.6 Å². The molecule has 0 atom stereocenters. The first-order valence-electron chi connectivity index (χ1n) is 8.48. The van der Waals surface area contributed by atoms with E-state index in [-0.39, 0.29) is 5.78 Å². The van der Waals surface area contributed by atoms with Crippen LogP contribution in [0.4, 0.5) is 0 Å². The Bertz CT molecular complexity index is 600. The van der Waals surface area contributed by atoms with Crippen LogP contribution in [0.15, 0.2) is 69.3 Å². The van der Waals surface area contributed by atoms with E-state index >= 15 is 0 Å². The maximum Gasteiger partial charge on any atom is 0.140 e. The highest BCUT2D eigenvalue weighted by molar-refractivity contribution is 5.82. The van der Waals surface area contributed by atoms with E-state index in [9.17, 15) is 4.79 Å². The van der Waals surface area contributed by atoms with Gasteiger partial charge in [0.1, 0.15) is 5.78 Å². The van der Waals surface area contributed by atoms with Crippen LogP contribution >= 0.6 is 0 Å². The van der Waals surface area contributed by atoms with Gasteiger partial charge in [0.2, 0.25) is 0 Å². The van der Waals surface area contributed by atoms with Gasteiger partial charge in [-0.15, -0.1) is 0 Å². The van der Waals surface area contributed by atoms with Gasteiger partial charge in [-0.05, 0) is 62.8 Å². The molecule has 0 unspecified atom stereocenters. The van der Waals surface area contributed by atoms with Crippen LogP contribution in [0.1, 0.15) is 50.7 Å². The SMILES string of the molecule is C/C(=C\CCc1ccoc1)CC(=O)C/C(C)=C/CCc1ccoc1. The number of aryl methyl sites for hydroxylation is 2. The van der Waals surface area contributed by atoms with E-state index in [2.05, 4.69) is 12.2 Å². The molecule has 0 saturated heterocycles. The van der Waals surface area contributed by atoms with Crippen molar-refractivity contribution in [2.75, 3.05) is 0 Å². The van der Waals surface area contributed by atoms with E-state index in [1.54, 1.807) is 25.1 Å². The molecule has 24 heavy (non-hydrogen) atoms. The summed E-state index contributed by atoms with van der Waals surface area (Å²) in [7, 11) is 0. The largest absolute Gasteiger partial charge is 0.472 e.